The molecule has 0 unspecified atom stereocenters. The van der Waals surface area contributed by atoms with Gasteiger partial charge in [-0.15, -0.1) is 0 Å². The lowest BCUT2D eigenvalue weighted by Gasteiger charge is -2.64. The summed E-state index contributed by atoms with van der Waals surface area (Å²) in [5, 5.41) is 0. The highest BCUT2D eigenvalue weighted by Crippen LogP contribution is 2.54. The predicted octanol–water partition coefficient (Wildman–Crippen LogP) is 3.11. The fourth-order valence-electron chi connectivity index (χ4n) is 2.87. The minimum absolute atomic E-state index is 0.122. The molecule has 1 heterocycles. The van der Waals surface area contributed by atoms with Crippen LogP contribution in [0.15, 0.2) is 0 Å². The maximum atomic E-state index is 12.7. The second-order valence-corrected chi connectivity index (χ2v) is 7.26. The first-order valence-corrected chi connectivity index (χ1v) is 6.10. The molecule has 1 rings (SSSR count). The third-order valence-corrected chi connectivity index (χ3v) is 5.87. The zero-order valence-corrected chi connectivity index (χ0v) is 12.4. The third kappa shape index (κ3) is 1.25. The molecule has 0 aliphatic carbocycles. The van der Waals surface area contributed by atoms with E-state index < -0.39 is 0 Å². The van der Waals surface area contributed by atoms with E-state index in [1.165, 1.54) is 0 Å². The molecule has 1 aliphatic rings. The molecule has 0 amide bonds. The molecule has 0 spiro atoms. The molecule has 0 aromatic rings. The Hall–Kier alpha value is -0.370. The summed E-state index contributed by atoms with van der Waals surface area (Å²) in [5.74, 6) is 0.369. The topological polar surface area (TPSA) is 20.3 Å². The highest BCUT2D eigenvalue weighted by atomic mass is 16.1. The van der Waals surface area contributed by atoms with Crippen LogP contribution in [0.4, 0.5) is 0 Å². The Morgan fingerprint density at radius 2 is 1.00 bits per heavy atom. The van der Waals surface area contributed by atoms with Gasteiger partial charge >= 0.3 is 0 Å². The quantitative estimate of drug-likeness (QED) is 0.631. The van der Waals surface area contributed by atoms with Crippen molar-refractivity contribution in [2.24, 2.45) is 10.8 Å². The van der Waals surface area contributed by atoms with Gasteiger partial charge in [-0.1, -0.05) is 27.7 Å². The highest BCUT2D eigenvalue weighted by molar-refractivity contribution is 5.92. The van der Waals surface area contributed by atoms with E-state index in [4.69, 9.17) is 0 Å². The Morgan fingerprint density at radius 1 is 0.750 bits per heavy atom. The number of nitrogens with zero attached hydrogens (tertiary/aromatic N) is 1. The Labute approximate surface area is 100 Å². The maximum Gasteiger partial charge on any atom is 0.147 e. The van der Waals surface area contributed by atoms with Gasteiger partial charge in [0.2, 0.25) is 0 Å². The van der Waals surface area contributed by atoms with Crippen LogP contribution >= 0.6 is 0 Å². The van der Waals surface area contributed by atoms with Gasteiger partial charge in [0, 0.05) is 21.9 Å². The summed E-state index contributed by atoms with van der Waals surface area (Å²) >= 11 is 0. The second kappa shape index (κ2) is 3.10. The lowest BCUT2D eigenvalue weighted by molar-refractivity contribution is -0.178. The van der Waals surface area contributed by atoms with Crippen LogP contribution in [-0.2, 0) is 4.79 Å². The summed E-state index contributed by atoms with van der Waals surface area (Å²) in [7, 11) is 2.13. The van der Waals surface area contributed by atoms with E-state index >= 15 is 0 Å². The van der Waals surface area contributed by atoms with E-state index in [-0.39, 0.29) is 21.9 Å². The Morgan fingerprint density at radius 3 is 1.25 bits per heavy atom. The van der Waals surface area contributed by atoms with Crippen LogP contribution in [-0.4, -0.2) is 28.8 Å². The summed E-state index contributed by atoms with van der Waals surface area (Å²) < 4.78 is 0. The highest BCUT2D eigenvalue weighted by Gasteiger charge is 2.63. The summed E-state index contributed by atoms with van der Waals surface area (Å²) in [6, 6.07) is 0. The van der Waals surface area contributed by atoms with Crippen LogP contribution in [0.25, 0.3) is 0 Å². The predicted molar refractivity (Wildman–Crippen MR) is 68.5 cm³/mol. The Bertz CT molecular complexity index is 294. The van der Waals surface area contributed by atoms with Crippen LogP contribution in [0.5, 0.6) is 0 Å². The SMILES string of the molecule is CN1C(C)(C)C(C)(C)C(=O)C(C)(C)C1(C)C. The fraction of sp³-hybridized carbons (Fsp3) is 0.929. The van der Waals surface area contributed by atoms with Gasteiger partial charge in [0.15, 0.2) is 0 Å². The van der Waals surface area contributed by atoms with Crippen LogP contribution in [0, 0.1) is 10.8 Å². The van der Waals surface area contributed by atoms with E-state index in [9.17, 15) is 4.79 Å². The summed E-state index contributed by atoms with van der Waals surface area (Å²) in [6.07, 6.45) is 0. The fourth-order valence-corrected chi connectivity index (χ4v) is 2.87. The van der Waals surface area contributed by atoms with E-state index in [0.717, 1.165) is 0 Å². The molecule has 2 heteroatoms. The first-order chi connectivity index (χ1) is 6.81. The molecule has 0 saturated carbocycles. The van der Waals surface area contributed by atoms with Crippen molar-refractivity contribution in [1.82, 2.24) is 4.90 Å². The monoisotopic (exact) mass is 225 g/mol. The molecule has 0 radical (unpaired) electrons. The van der Waals surface area contributed by atoms with Gasteiger partial charge in [-0.25, -0.2) is 0 Å². The number of likely N-dealkylation sites (tertiary alicyclic amines) is 1. The van der Waals surface area contributed by atoms with Crippen molar-refractivity contribution < 1.29 is 4.79 Å². The van der Waals surface area contributed by atoms with Crippen molar-refractivity contribution in [1.29, 1.82) is 0 Å². The molecular formula is C14H27NO. The molecule has 2 nitrogen and oxygen atoms in total. The van der Waals surface area contributed by atoms with Gasteiger partial charge in [-0.2, -0.15) is 0 Å². The molecule has 1 saturated heterocycles. The van der Waals surface area contributed by atoms with Crippen molar-refractivity contribution in [3.05, 3.63) is 0 Å². The number of hydrogen-bond acceptors (Lipinski definition) is 2. The zero-order chi connectivity index (χ0) is 13.2. The number of rotatable bonds is 0. The second-order valence-electron chi connectivity index (χ2n) is 7.26. The van der Waals surface area contributed by atoms with Crippen molar-refractivity contribution in [3.8, 4) is 0 Å². The number of Topliss-reactive ketones (excluding diaryl/α,β-unsaturated/α-hetero) is 1. The minimum Gasteiger partial charge on any atom is -0.298 e. The van der Waals surface area contributed by atoms with Gasteiger partial charge in [-0.3, -0.25) is 9.69 Å². The number of ketones is 1. The van der Waals surface area contributed by atoms with Gasteiger partial charge in [0.1, 0.15) is 5.78 Å². The van der Waals surface area contributed by atoms with Crippen LogP contribution in [0.2, 0.25) is 0 Å². The Kier molecular flexibility index (Phi) is 2.65. The molecule has 16 heavy (non-hydrogen) atoms. The number of piperidine rings is 1. The average molecular weight is 225 g/mol. The molecule has 1 aliphatic heterocycles. The first-order valence-electron chi connectivity index (χ1n) is 6.10. The standard InChI is InChI=1S/C14H27NO/c1-11(2)10(16)12(3,4)14(7,8)15(9)13(11,5)6/h1-9H3. The van der Waals surface area contributed by atoms with Crippen molar-refractivity contribution in [3.63, 3.8) is 0 Å². The molecular weight excluding hydrogens is 198 g/mol. The lowest BCUT2D eigenvalue weighted by Crippen LogP contribution is -2.74. The van der Waals surface area contributed by atoms with E-state index in [0.29, 0.717) is 5.78 Å². The Balaban J connectivity index is 3.45. The van der Waals surface area contributed by atoms with Gasteiger partial charge in [-0.05, 0) is 34.7 Å². The van der Waals surface area contributed by atoms with E-state index in [1.807, 2.05) is 0 Å². The molecule has 0 N–H and O–H groups in total. The molecule has 94 valence electrons. The van der Waals surface area contributed by atoms with Crippen LogP contribution < -0.4 is 0 Å². The summed E-state index contributed by atoms with van der Waals surface area (Å²) in [4.78, 5) is 15.1. The number of carbonyl (C=O) groups is 1. The molecule has 0 aromatic heterocycles. The van der Waals surface area contributed by atoms with E-state index in [2.05, 4.69) is 67.3 Å². The third-order valence-electron chi connectivity index (χ3n) is 5.87. The largest absolute Gasteiger partial charge is 0.298 e. The molecule has 0 bridgehead atoms. The zero-order valence-electron chi connectivity index (χ0n) is 12.4. The molecule has 1 fully saturated rings. The van der Waals surface area contributed by atoms with Crippen molar-refractivity contribution in [2.45, 2.75) is 66.5 Å². The lowest BCUT2D eigenvalue weighted by atomic mass is 9.53. The van der Waals surface area contributed by atoms with Crippen molar-refractivity contribution in [2.75, 3.05) is 7.05 Å². The minimum atomic E-state index is -0.319. The van der Waals surface area contributed by atoms with E-state index in [1.54, 1.807) is 0 Å². The maximum absolute atomic E-state index is 12.7. The first kappa shape index (κ1) is 13.7. The van der Waals surface area contributed by atoms with Crippen LogP contribution in [0.1, 0.15) is 55.4 Å². The normalized spacial score (nSPS) is 31.4. The summed E-state index contributed by atoms with van der Waals surface area (Å²) in [6.45, 7) is 17.0. The molecule has 0 aromatic carbocycles. The smallest absolute Gasteiger partial charge is 0.147 e. The van der Waals surface area contributed by atoms with Gasteiger partial charge in [0.25, 0.3) is 0 Å². The summed E-state index contributed by atoms with van der Waals surface area (Å²) in [5.41, 5.74) is -0.881. The molecule has 0 atom stereocenters. The van der Waals surface area contributed by atoms with Crippen LogP contribution in [0.3, 0.4) is 0 Å². The number of carbonyl (C=O) groups excluding carboxylic acids is 1. The van der Waals surface area contributed by atoms with Gasteiger partial charge in [0.05, 0.1) is 0 Å². The average Bonchev–Trinajstić information content (AvgIpc) is 2.13. The van der Waals surface area contributed by atoms with Crippen molar-refractivity contribution >= 4 is 5.78 Å². The number of hydrogen-bond donors (Lipinski definition) is 0. The van der Waals surface area contributed by atoms with Gasteiger partial charge < -0.3 is 0 Å².